The summed E-state index contributed by atoms with van der Waals surface area (Å²) in [5.74, 6) is -2.97. The van der Waals surface area contributed by atoms with Gasteiger partial charge in [-0.05, 0) is 55.3 Å². The molecule has 13 heteroatoms. The second-order valence-electron chi connectivity index (χ2n) is 7.62. The smallest absolute Gasteiger partial charge is 0.335 e. The molecular weight excluding hydrogens is 442 g/mol. The van der Waals surface area contributed by atoms with Crippen LogP contribution in [0.5, 0.6) is 0 Å². The van der Waals surface area contributed by atoms with Crippen molar-refractivity contribution in [3.63, 3.8) is 0 Å². The summed E-state index contributed by atoms with van der Waals surface area (Å²) in [6.45, 7) is 0.00123. The highest BCUT2D eigenvalue weighted by Gasteiger charge is 2.29. The van der Waals surface area contributed by atoms with Gasteiger partial charge in [0.25, 0.3) is 0 Å². The van der Waals surface area contributed by atoms with Crippen LogP contribution in [0.15, 0.2) is 34.3 Å². The molecule has 0 heterocycles. The molecule has 0 saturated heterocycles. The molecule has 12 nitrogen and oxygen atoms in total. The van der Waals surface area contributed by atoms with Gasteiger partial charge in [-0.3, -0.25) is 9.59 Å². The molecular formula is C19H25N5O7S. The van der Waals surface area contributed by atoms with Crippen molar-refractivity contribution in [1.82, 2.24) is 10.0 Å². The third kappa shape index (κ3) is 7.52. The van der Waals surface area contributed by atoms with Crippen LogP contribution >= 0.6 is 0 Å². The Balaban J connectivity index is 1.86. The molecule has 0 aromatic heterocycles. The minimum absolute atomic E-state index is 0.00878. The minimum Gasteiger partial charge on any atom is -0.481 e. The fourth-order valence-electron chi connectivity index (χ4n) is 3.56. The molecule has 0 bridgehead atoms. The van der Waals surface area contributed by atoms with Crippen molar-refractivity contribution in [3.8, 4) is 0 Å². The first kappa shape index (κ1) is 25.1. The monoisotopic (exact) mass is 467 g/mol. The lowest BCUT2D eigenvalue weighted by molar-refractivity contribution is -0.137. The molecule has 1 amide bonds. The lowest BCUT2D eigenvalue weighted by atomic mass is 9.81. The van der Waals surface area contributed by atoms with Gasteiger partial charge in [-0.15, -0.1) is 0 Å². The van der Waals surface area contributed by atoms with Gasteiger partial charge in [0, 0.05) is 30.0 Å². The molecule has 0 spiro atoms. The lowest BCUT2D eigenvalue weighted by Gasteiger charge is -2.29. The van der Waals surface area contributed by atoms with Crippen molar-refractivity contribution in [3.05, 3.63) is 40.3 Å². The van der Waals surface area contributed by atoms with E-state index in [4.69, 9.17) is 15.7 Å². The Morgan fingerprint density at radius 2 is 1.88 bits per heavy atom. The van der Waals surface area contributed by atoms with Gasteiger partial charge >= 0.3 is 11.9 Å². The van der Waals surface area contributed by atoms with E-state index < -0.39 is 28.0 Å². The number of carboxylic acid groups (broad SMARTS) is 2. The van der Waals surface area contributed by atoms with E-state index in [9.17, 15) is 22.8 Å². The molecule has 1 fully saturated rings. The highest BCUT2D eigenvalue weighted by Crippen LogP contribution is 2.29. The third-order valence-electron chi connectivity index (χ3n) is 5.30. The molecule has 0 aliphatic heterocycles. The number of aromatic carboxylic acids is 1. The number of nitrogens with zero attached hydrogens (tertiary/aromatic N) is 3. The normalized spacial score (nSPS) is 19.4. The average Bonchev–Trinajstić information content (AvgIpc) is 2.76. The van der Waals surface area contributed by atoms with Crippen LogP contribution in [0.3, 0.4) is 0 Å². The molecule has 1 aromatic carbocycles. The fraction of sp³-hybridized carbons (Fsp3) is 0.526. The SMILES string of the molecule is [N-]=[N+]=NC[C@H](CC(=O)O)NC(=O)C1CCC(CNS(=O)(=O)c2cccc(C(=O)O)c2)CC1. The summed E-state index contributed by atoms with van der Waals surface area (Å²) in [6.07, 6.45) is 1.85. The summed E-state index contributed by atoms with van der Waals surface area (Å²) < 4.78 is 27.4. The number of carbonyl (C=O) groups excluding carboxylic acids is 1. The second kappa shape index (κ2) is 11.5. The number of carboxylic acids is 2. The lowest BCUT2D eigenvalue weighted by Crippen LogP contribution is -2.43. The zero-order chi connectivity index (χ0) is 23.7. The van der Waals surface area contributed by atoms with Gasteiger partial charge in [0.05, 0.1) is 16.9 Å². The summed E-state index contributed by atoms with van der Waals surface area (Å²) in [6, 6.07) is 4.29. The highest BCUT2D eigenvalue weighted by molar-refractivity contribution is 7.89. The Hall–Kier alpha value is -3.15. The Kier molecular flexibility index (Phi) is 9.00. The number of azide groups is 1. The molecule has 2 rings (SSSR count). The molecule has 1 aromatic rings. The summed E-state index contributed by atoms with van der Waals surface area (Å²) in [5.41, 5.74) is 8.28. The number of carbonyl (C=O) groups is 3. The molecule has 0 radical (unpaired) electrons. The van der Waals surface area contributed by atoms with Gasteiger partial charge in [0.1, 0.15) is 0 Å². The summed E-state index contributed by atoms with van der Waals surface area (Å²) in [4.78, 5) is 36.9. The van der Waals surface area contributed by atoms with Crippen molar-refractivity contribution in [2.24, 2.45) is 17.0 Å². The number of nitrogens with one attached hydrogen (secondary N) is 2. The predicted molar refractivity (Wildman–Crippen MR) is 112 cm³/mol. The van der Waals surface area contributed by atoms with E-state index in [1.807, 2.05) is 0 Å². The maximum Gasteiger partial charge on any atom is 0.335 e. The van der Waals surface area contributed by atoms with Crippen molar-refractivity contribution >= 4 is 27.9 Å². The zero-order valence-corrected chi connectivity index (χ0v) is 18.0. The largest absolute Gasteiger partial charge is 0.481 e. The number of sulfonamides is 1. The summed E-state index contributed by atoms with van der Waals surface area (Å²) in [5, 5.41) is 23.9. The molecule has 1 aliphatic rings. The number of hydrogen-bond donors (Lipinski definition) is 4. The van der Waals surface area contributed by atoms with E-state index >= 15 is 0 Å². The molecule has 174 valence electrons. The number of hydrogen-bond acceptors (Lipinski definition) is 6. The van der Waals surface area contributed by atoms with Crippen LogP contribution in [-0.4, -0.2) is 55.6 Å². The van der Waals surface area contributed by atoms with E-state index in [-0.39, 0.29) is 47.7 Å². The van der Waals surface area contributed by atoms with Crippen molar-refractivity contribution < 1.29 is 33.0 Å². The van der Waals surface area contributed by atoms with Gasteiger partial charge in [-0.1, -0.05) is 11.2 Å². The van der Waals surface area contributed by atoms with Crippen LogP contribution in [0.2, 0.25) is 0 Å². The van der Waals surface area contributed by atoms with Gasteiger partial charge in [-0.25, -0.2) is 17.9 Å². The standard InChI is InChI=1S/C19H25N5O7S/c20-24-21-11-15(9-17(25)26)23-18(27)13-6-4-12(5-7-13)10-22-32(30,31)16-3-1-2-14(8-16)19(28)29/h1-3,8,12-13,15,22H,4-7,9-11H2,(H,23,27)(H,25,26)(H,28,29)/t12?,13?,15-/m0/s1. The molecule has 0 unspecified atom stereocenters. The summed E-state index contributed by atoms with van der Waals surface area (Å²) >= 11 is 0. The Bertz CT molecular complexity index is 995. The molecule has 1 aliphatic carbocycles. The highest BCUT2D eigenvalue weighted by atomic mass is 32.2. The predicted octanol–water partition coefficient (Wildman–Crippen LogP) is 1.74. The third-order valence-corrected chi connectivity index (χ3v) is 6.72. The van der Waals surface area contributed by atoms with Crippen LogP contribution in [0.1, 0.15) is 42.5 Å². The number of aliphatic carboxylic acids is 1. The van der Waals surface area contributed by atoms with Crippen molar-refractivity contribution in [1.29, 1.82) is 0 Å². The van der Waals surface area contributed by atoms with Crippen LogP contribution in [0.4, 0.5) is 0 Å². The first-order valence-corrected chi connectivity index (χ1v) is 11.5. The maximum atomic E-state index is 12.5. The van der Waals surface area contributed by atoms with Gasteiger partial charge in [0.15, 0.2) is 0 Å². The molecule has 4 N–H and O–H groups in total. The van der Waals surface area contributed by atoms with Gasteiger partial charge in [0.2, 0.25) is 15.9 Å². The minimum atomic E-state index is -3.87. The molecule has 1 saturated carbocycles. The van der Waals surface area contributed by atoms with E-state index in [2.05, 4.69) is 20.1 Å². The van der Waals surface area contributed by atoms with Crippen LogP contribution in [0.25, 0.3) is 10.4 Å². The Morgan fingerprint density at radius 1 is 1.19 bits per heavy atom. The van der Waals surface area contributed by atoms with Gasteiger partial charge in [-0.2, -0.15) is 0 Å². The number of benzene rings is 1. The first-order valence-electron chi connectivity index (χ1n) is 9.98. The average molecular weight is 468 g/mol. The van der Waals surface area contributed by atoms with E-state index in [1.54, 1.807) is 0 Å². The van der Waals surface area contributed by atoms with Crippen LogP contribution in [-0.2, 0) is 19.6 Å². The maximum absolute atomic E-state index is 12.5. The topological polar surface area (TPSA) is 199 Å². The zero-order valence-electron chi connectivity index (χ0n) is 17.2. The van der Waals surface area contributed by atoms with E-state index in [0.717, 1.165) is 6.07 Å². The Labute approximate surface area is 184 Å². The van der Waals surface area contributed by atoms with Crippen LogP contribution in [0, 0.1) is 11.8 Å². The van der Waals surface area contributed by atoms with E-state index in [1.165, 1.54) is 18.2 Å². The fourth-order valence-corrected chi connectivity index (χ4v) is 4.72. The molecule has 32 heavy (non-hydrogen) atoms. The van der Waals surface area contributed by atoms with Crippen molar-refractivity contribution in [2.75, 3.05) is 13.1 Å². The van der Waals surface area contributed by atoms with Crippen molar-refractivity contribution in [2.45, 2.75) is 43.0 Å². The summed E-state index contributed by atoms with van der Waals surface area (Å²) in [7, 11) is -3.87. The van der Waals surface area contributed by atoms with Gasteiger partial charge < -0.3 is 15.5 Å². The second-order valence-corrected chi connectivity index (χ2v) is 9.39. The number of rotatable bonds is 11. The van der Waals surface area contributed by atoms with Crippen LogP contribution < -0.4 is 10.0 Å². The quantitative estimate of drug-likeness (QED) is 0.216. The number of amides is 1. The van der Waals surface area contributed by atoms with E-state index in [0.29, 0.717) is 25.7 Å². The molecule has 1 atom stereocenters. The Morgan fingerprint density at radius 3 is 2.47 bits per heavy atom. The first-order chi connectivity index (χ1) is 15.1.